The van der Waals surface area contributed by atoms with Gasteiger partial charge in [-0.05, 0) is 29.7 Å². The number of rotatable bonds is 7. The molecule has 0 bridgehead atoms. The molecule has 1 rings (SSSR count). The molecule has 0 amide bonds. The predicted octanol–water partition coefficient (Wildman–Crippen LogP) is 3.60. The highest BCUT2D eigenvalue weighted by atomic mass is 16.5. The van der Waals surface area contributed by atoms with Crippen molar-refractivity contribution in [1.29, 1.82) is 0 Å². The Hall–Kier alpha value is -1.77. The van der Waals surface area contributed by atoms with E-state index in [1.54, 1.807) is 6.08 Å². The second-order valence-electron chi connectivity index (χ2n) is 4.23. The van der Waals surface area contributed by atoms with E-state index in [9.17, 15) is 4.79 Å². The zero-order valence-corrected chi connectivity index (χ0v) is 10.9. The van der Waals surface area contributed by atoms with E-state index in [0.29, 0.717) is 5.92 Å². The molecule has 0 aliphatic heterocycles. The number of carboxylic acids is 1. The van der Waals surface area contributed by atoms with Gasteiger partial charge >= 0.3 is 5.97 Å². The van der Waals surface area contributed by atoms with Gasteiger partial charge in [-0.15, -0.1) is 0 Å². The first-order valence-electron chi connectivity index (χ1n) is 6.29. The maximum Gasteiger partial charge on any atom is 0.328 e. The summed E-state index contributed by atoms with van der Waals surface area (Å²) in [6, 6.07) is 7.43. The first-order chi connectivity index (χ1) is 8.65. The Balaban J connectivity index is 2.52. The predicted molar refractivity (Wildman–Crippen MR) is 72.7 cm³/mol. The van der Waals surface area contributed by atoms with Crippen molar-refractivity contribution < 1.29 is 14.6 Å². The fourth-order valence-electron chi connectivity index (χ4n) is 1.58. The summed E-state index contributed by atoms with van der Waals surface area (Å²) in [5.74, 6) is 0.481. The molecule has 0 aromatic heterocycles. The summed E-state index contributed by atoms with van der Waals surface area (Å²) in [6.45, 7) is 5.06. The number of ether oxygens (including phenoxy) is 1. The second-order valence-corrected chi connectivity index (χ2v) is 4.23. The van der Waals surface area contributed by atoms with Gasteiger partial charge in [-0.3, -0.25) is 0 Å². The maximum atomic E-state index is 10.4. The Morgan fingerprint density at radius 3 is 2.39 bits per heavy atom. The summed E-state index contributed by atoms with van der Waals surface area (Å²) in [6.07, 6.45) is 4.93. The van der Waals surface area contributed by atoms with Crippen LogP contribution in [0.2, 0.25) is 0 Å². The molecule has 1 N–H and O–H groups in total. The van der Waals surface area contributed by atoms with Gasteiger partial charge in [0.1, 0.15) is 5.75 Å². The third-order valence-corrected chi connectivity index (χ3v) is 2.94. The van der Waals surface area contributed by atoms with Gasteiger partial charge in [-0.2, -0.15) is 0 Å². The van der Waals surface area contributed by atoms with Crippen LogP contribution in [-0.4, -0.2) is 17.7 Å². The van der Waals surface area contributed by atoms with Crippen LogP contribution in [0.1, 0.15) is 32.3 Å². The molecular weight excluding hydrogens is 228 g/mol. The Kier molecular flexibility index (Phi) is 5.98. The van der Waals surface area contributed by atoms with Crippen LogP contribution >= 0.6 is 0 Å². The molecule has 0 saturated heterocycles. The lowest BCUT2D eigenvalue weighted by Crippen LogP contribution is -2.09. The fourth-order valence-corrected chi connectivity index (χ4v) is 1.58. The van der Waals surface area contributed by atoms with E-state index in [1.807, 2.05) is 24.3 Å². The van der Waals surface area contributed by atoms with Crippen LogP contribution in [0.4, 0.5) is 0 Å². The van der Waals surface area contributed by atoms with E-state index < -0.39 is 5.97 Å². The molecule has 1 aromatic rings. The van der Waals surface area contributed by atoms with Crippen molar-refractivity contribution in [1.82, 2.24) is 0 Å². The molecule has 3 heteroatoms. The summed E-state index contributed by atoms with van der Waals surface area (Å²) in [7, 11) is 0. The Bertz CT molecular complexity index is 389. The monoisotopic (exact) mass is 248 g/mol. The van der Waals surface area contributed by atoms with Crippen molar-refractivity contribution in [2.75, 3.05) is 6.61 Å². The first-order valence-corrected chi connectivity index (χ1v) is 6.29. The molecule has 3 nitrogen and oxygen atoms in total. The van der Waals surface area contributed by atoms with E-state index in [0.717, 1.165) is 36.8 Å². The molecule has 0 atom stereocenters. The summed E-state index contributed by atoms with van der Waals surface area (Å²) in [4.78, 5) is 10.4. The topological polar surface area (TPSA) is 46.5 Å². The van der Waals surface area contributed by atoms with Crippen molar-refractivity contribution in [3.63, 3.8) is 0 Å². The highest BCUT2D eigenvalue weighted by Gasteiger charge is 2.04. The van der Waals surface area contributed by atoms with Crippen LogP contribution < -0.4 is 4.74 Å². The molecule has 0 unspecified atom stereocenters. The third kappa shape index (κ3) is 5.04. The minimum atomic E-state index is -0.941. The third-order valence-electron chi connectivity index (χ3n) is 2.94. The smallest absolute Gasteiger partial charge is 0.328 e. The molecule has 18 heavy (non-hydrogen) atoms. The van der Waals surface area contributed by atoms with Crippen LogP contribution in [0.5, 0.6) is 5.75 Å². The Morgan fingerprint density at radius 2 is 1.89 bits per heavy atom. The van der Waals surface area contributed by atoms with Crippen molar-refractivity contribution in [2.24, 2.45) is 5.92 Å². The molecule has 0 spiro atoms. The lowest BCUT2D eigenvalue weighted by atomic mass is 10.1. The second kappa shape index (κ2) is 7.54. The minimum Gasteiger partial charge on any atom is -0.493 e. The quantitative estimate of drug-likeness (QED) is 0.750. The molecule has 98 valence electrons. The highest BCUT2D eigenvalue weighted by Crippen LogP contribution is 2.16. The number of carboxylic acid groups (broad SMARTS) is 1. The fraction of sp³-hybridized carbons (Fsp3) is 0.400. The molecular formula is C15H20O3. The molecule has 0 fully saturated rings. The summed E-state index contributed by atoms with van der Waals surface area (Å²) in [5, 5.41) is 8.52. The average Bonchev–Trinajstić information content (AvgIpc) is 2.39. The Morgan fingerprint density at radius 1 is 1.28 bits per heavy atom. The number of carbonyl (C=O) groups is 1. The lowest BCUT2D eigenvalue weighted by Gasteiger charge is -2.13. The van der Waals surface area contributed by atoms with Gasteiger partial charge in [0.15, 0.2) is 0 Å². The van der Waals surface area contributed by atoms with Gasteiger partial charge in [0.25, 0.3) is 0 Å². The highest BCUT2D eigenvalue weighted by molar-refractivity contribution is 5.85. The average molecular weight is 248 g/mol. The van der Waals surface area contributed by atoms with Crippen molar-refractivity contribution in [3.05, 3.63) is 35.9 Å². The zero-order chi connectivity index (χ0) is 13.4. The van der Waals surface area contributed by atoms with Gasteiger partial charge in [-0.25, -0.2) is 4.79 Å². The summed E-state index contributed by atoms with van der Waals surface area (Å²) < 4.78 is 5.69. The van der Waals surface area contributed by atoms with Crippen molar-refractivity contribution in [2.45, 2.75) is 26.7 Å². The molecule has 0 radical (unpaired) electrons. The van der Waals surface area contributed by atoms with E-state index >= 15 is 0 Å². The Labute approximate surface area is 108 Å². The van der Waals surface area contributed by atoms with Crippen molar-refractivity contribution >= 4 is 12.0 Å². The SMILES string of the molecule is CCC(CC)COc1ccc(/C=C/C(=O)O)cc1. The maximum absolute atomic E-state index is 10.4. The minimum absolute atomic E-state index is 0.594. The lowest BCUT2D eigenvalue weighted by molar-refractivity contribution is -0.131. The first kappa shape index (κ1) is 14.3. The van der Waals surface area contributed by atoms with Crippen LogP contribution in [0, 0.1) is 5.92 Å². The normalized spacial score (nSPS) is 11.1. The summed E-state index contributed by atoms with van der Waals surface area (Å²) >= 11 is 0. The van der Waals surface area contributed by atoms with Crippen LogP contribution in [-0.2, 0) is 4.79 Å². The van der Waals surface area contributed by atoms with Crippen molar-refractivity contribution in [3.8, 4) is 5.75 Å². The molecule has 0 aliphatic carbocycles. The van der Waals surface area contributed by atoms with Crippen LogP contribution in [0.25, 0.3) is 6.08 Å². The number of benzene rings is 1. The molecule has 0 saturated carbocycles. The van der Waals surface area contributed by atoms with Gasteiger partial charge in [0.05, 0.1) is 6.61 Å². The molecule has 0 aliphatic rings. The van der Waals surface area contributed by atoms with Crippen LogP contribution in [0.3, 0.4) is 0 Å². The van der Waals surface area contributed by atoms with E-state index in [1.165, 1.54) is 0 Å². The number of hydrogen-bond donors (Lipinski definition) is 1. The molecule has 1 aromatic carbocycles. The van der Waals surface area contributed by atoms with E-state index in [4.69, 9.17) is 9.84 Å². The number of aliphatic carboxylic acids is 1. The van der Waals surface area contributed by atoms with E-state index in [-0.39, 0.29) is 0 Å². The van der Waals surface area contributed by atoms with Gasteiger partial charge < -0.3 is 9.84 Å². The largest absolute Gasteiger partial charge is 0.493 e. The van der Waals surface area contributed by atoms with Gasteiger partial charge in [0.2, 0.25) is 0 Å². The van der Waals surface area contributed by atoms with Gasteiger partial charge in [0, 0.05) is 6.08 Å². The van der Waals surface area contributed by atoms with Gasteiger partial charge in [-0.1, -0.05) is 38.8 Å². The molecule has 0 heterocycles. The van der Waals surface area contributed by atoms with Crippen LogP contribution in [0.15, 0.2) is 30.3 Å². The number of hydrogen-bond acceptors (Lipinski definition) is 2. The summed E-state index contributed by atoms with van der Waals surface area (Å²) in [5.41, 5.74) is 0.854. The standard InChI is InChI=1S/C15H20O3/c1-3-12(4-2)11-18-14-8-5-13(6-9-14)7-10-15(16)17/h5-10,12H,3-4,11H2,1-2H3,(H,16,17)/b10-7+. The zero-order valence-electron chi connectivity index (χ0n) is 10.9. The van der Waals surface area contributed by atoms with E-state index in [2.05, 4.69) is 13.8 Å².